The molecule has 3 rings (SSSR count). The van der Waals surface area contributed by atoms with Gasteiger partial charge in [-0.2, -0.15) is 0 Å². The molecular weight excluding hydrogens is 344 g/mol. The van der Waals surface area contributed by atoms with Gasteiger partial charge in [0.1, 0.15) is 0 Å². The highest BCUT2D eigenvalue weighted by Crippen LogP contribution is 2.21. The zero-order valence-electron chi connectivity index (χ0n) is 15.0. The molecule has 1 aromatic heterocycles. The van der Waals surface area contributed by atoms with Crippen molar-refractivity contribution in [3.05, 3.63) is 64.4 Å². The molecule has 1 aliphatic rings. The number of carbonyl (C=O) groups excluding carboxylic acids is 2. The minimum atomic E-state index is 0.0158. The van der Waals surface area contributed by atoms with Gasteiger partial charge >= 0.3 is 0 Å². The van der Waals surface area contributed by atoms with E-state index >= 15 is 0 Å². The van der Waals surface area contributed by atoms with E-state index in [0.717, 1.165) is 18.4 Å². The Kier molecular flexibility index (Phi) is 6.23. The molecule has 26 heavy (non-hydrogen) atoms. The largest absolute Gasteiger partial charge is 0.340 e. The minimum absolute atomic E-state index is 0.0158. The molecule has 1 fully saturated rings. The second-order valence-electron chi connectivity index (χ2n) is 6.62. The first-order valence-corrected chi connectivity index (χ1v) is 9.81. The van der Waals surface area contributed by atoms with E-state index in [1.54, 1.807) is 17.4 Å². The number of hydrogen-bond donors (Lipinski definition) is 0. The van der Waals surface area contributed by atoms with Gasteiger partial charge in [-0.1, -0.05) is 36.4 Å². The van der Waals surface area contributed by atoms with Crippen LogP contribution in [0.1, 0.15) is 23.3 Å². The normalized spacial score (nSPS) is 15.3. The molecule has 0 aliphatic carbocycles. The molecule has 1 aliphatic heterocycles. The summed E-state index contributed by atoms with van der Waals surface area (Å²) in [6.45, 7) is 1.94. The third-order valence-electron chi connectivity index (χ3n) is 4.72. The van der Waals surface area contributed by atoms with Crippen molar-refractivity contribution in [2.24, 2.45) is 5.92 Å². The maximum absolute atomic E-state index is 12.6. The van der Waals surface area contributed by atoms with Crippen LogP contribution < -0.4 is 0 Å². The summed E-state index contributed by atoms with van der Waals surface area (Å²) in [7, 11) is 1.86. The van der Waals surface area contributed by atoms with Gasteiger partial charge in [-0.25, -0.2) is 0 Å². The van der Waals surface area contributed by atoms with Crippen LogP contribution in [-0.2, 0) is 16.1 Å². The van der Waals surface area contributed by atoms with Crippen LogP contribution in [0.3, 0.4) is 0 Å². The highest BCUT2D eigenvalue weighted by molar-refractivity contribution is 7.09. The van der Waals surface area contributed by atoms with Gasteiger partial charge in [-0.3, -0.25) is 9.59 Å². The highest BCUT2D eigenvalue weighted by Gasteiger charge is 2.28. The second kappa shape index (κ2) is 8.81. The molecule has 2 aromatic rings. The Labute approximate surface area is 158 Å². The van der Waals surface area contributed by atoms with Gasteiger partial charge in [0.25, 0.3) is 0 Å². The van der Waals surface area contributed by atoms with Gasteiger partial charge < -0.3 is 9.80 Å². The van der Waals surface area contributed by atoms with Crippen LogP contribution >= 0.6 is 11.3 Å². The molecule has 1 saturated heterocycles. The van der Waals surface area contributed by atoms with E-state index in [2.05, 4.69) is 6.07 Å². The van der Waals surface area contributed by atoms with Crippen molar-refractivity contribution in [2.45, 2.75) is 19.4 Å². The number of piperidine rings is 1. The fraction of sp³-hybridized carbons (Fsp3) is 0.333. The zero-order chi connectivity index (χ0) is 18.4. The number of likely N-dealkylation sites (tertiary alicyclic amines) is 1. The van der Waals surface area contributed by atoms with Crippen molar-refractivity contribution in [3.8, 4) is 0 Å². The van der Waals surface area contributed by atoms with Gasteiger partial charge in [0.2, 0.25) is 11.8 Å². The van der Waals surface area contributed by atoms with Crippen LogP contribution in [0.15, 0.2) is 53.9 Å². The van der Waals surface area contributed by atoms with Crippen LogP contribution in [0.5, 0.6) is 0 Å². The summed E-state index contributed by atoms with van der Waals surface area (Å²) in [6, 6.07) is 13.9. The van der Waals surface area contributed by atoms with Crippen LogP contribution in [0.2, 0.25) is 0 Å². The van der Waals surface area contributed by atoms with E-state index in [4.69, 9.17) is 0 Å². The van der Waals surface area contributed by atoms with Crippen molar-refractivity contribution < 1.29 is 9.59 Å². The molecule has 1 aromatic carbocycles. The predicted octanol–water partition coefficient (Wildman–Crippen LogP) is 3.66. The molecule has 0 spiro atoms. The van der Waals surface area contributed by atoms with E-state index in [1.807, 2.05) is 64.7 Å². The summed E-state index contributed by atoms with van der Waals surface area (Å²) >= 11 is 1.67. The van der Waals surface area contributed by atoms with E-state index < -0.39 is 0 Å². The highest BCUT2D eigenvalue weighted by atomic mass is 32.1. The van der Waals surface area contributed by atoms with E-state index in [9.17, 15) is 9.59 Å². The Hall–Kier alpha value is -2.40. The molecule has 4 nitrogen and oxygen atoms in total. The molecule has 0 unspecified atom stereocenters. The lowest BCUT2D eigenvalue weighted by Gasteiger charge is -2.32. The number of amides is 2. The van der Waals surface area contributed by atoms with Gasteiger partial charge in [-0.05, 0) is 35.9 Å². The standard InChI is InChI=1S/C21H24N2O2S/c1-22(16-19-8-5-15-26-19)21(25)18-11-13-23(14-12-18)20(24)10-9-17-6-3-2-4-7-17/h2-10,15,18H,11-14,16H2,1H3/b10-9+. The number of nitrogens with zero attached hydrogens (tertiary/aromatic N) is 2. The predicted molar refractivity (Wildman–Crippen MR) is 106 cm³/mol. The molecule has 2 amide bonds. The zero-order valence-corrected chi connectivity index (χ0v) is 15.8. The Morgan fingerprint density at radius 3 is 2.54 bits per heavy atom. The minimum Gasteiger partial charge on any atom is -0.340 e. The van der Waals surface area contributed by atoms with Crippen LogP contribution in [0.4, 0.5) is 0 Å². The molecule has 0 bridgehead atoms. The summed E-state index contributed by atoms with van der Waals surface area (Å²) in [4.78, 5) is 29.8. The van der Waals surface area contributed by atoms with Crippen molar-refractivity contribution >= 4 is 29.2 Å². The molecule has 136 valence electrons. The van der Waals surface area contributed by atoms with E-state index in [0.29, 0.717) is 19.6 Å². The van der Waals surface area contributed by atoms with Crippen molar-refractivity contribution in [1.29, 1.82) is 0 Å². The summed E-state index contributed by atoms with van der Waals surface area (Å²) in [5.41, 5.74) is 1.01. The number of carbonyl (C=O) groups is 2. The van der Waals surface area contributed by atoms with Crippen molar-refractivity contribution in [3.63, 3.8) is 0 Å². The molecule has 0 saturated carbocycles. The first-order chi connectivity index (χ1) is 12.6. The maximum Gasteiger partial charge on any atom is 0.246 e. The molecule has 0 atom stereocenters. The third kappa shape index (κ3) is 4.82. The molecule has 5 heteroatoms. The number of rotatable bonds is 5. The smallest absolute Gasteiger partial charge is 0.246 e. The lowest BCUT2D eigenvalue weighted by atomic mass is 9.95. The number of benzene rings is 1. The lowest BCUT2D eigenvalue weighted by molar-refractivity contribution is -0.138. The Bertz CT molecular complexity index is 748. The SMILES string of the molecule is CN(Cc1cccs1)C(=O)C1CCN(C(=O)/C=C/c2ccccc2)CC1. The summed E-state index contributed by atoms with van der Waals surface area (Å²) in [5, 5.41) is 2.03. The summed E-state index contributed by atoms with van der Waals surface area (Å²) < 4.78 is 0. The van der Waals surface area contributed by atoms with E-state index in [1.165, 1.54) is 4.88 Å². The molecule has 0 radical (unpaired) electrons. The van der Waals surface area contributed by atoms with Crippen LogP contribution in [-0.4, -0.2) is 41.8 Å². The Morgan fingerprint density at radius 2 is 1.88 bits per heavy atom. The average molecular weight is 369 g/mol. The van der Waals surface area contributed by atoms with E-state index in [-0.39, 0.29) is 17.7 Å². The fourth-order valence-electron chi connectivity index (χ4n) is 3.21. The fourth-order valence-corrected chi connectivity index (χ4v) is 3.97. The first-order valence-electron chi connectivity index (χ1n) is 8.93. The number of thiophene rings is 1. The Morgan fingerprint density at radius 1 is 1.15 bits per heavy atom. The van der Waals surface area contributed by atoms with Gasteiger partial charge in [0, 0.05) is 37.0 Å². The molecular formula is C21H24N2O2S. The molecule has 0 N–H and O–H groups in total. The maximum atomic E-state index is 12.6. The van der Waals surface area contributed by atoms with Gasteiger partial charge in [0.05, 0.1) is 6.54 Å². The monoisotopic (exact) mass is 368 g/mol. The molecule has 2 heterocycles. The third-order valence-corrected chi connectivity index (χ3v) is 5.58. The van der Waals surface area contributed by atoms with Crippen molar-refractivity contribution in [1.82, 2.24) is 9.80 Å². The second-order valence-corrected chi connectivity index (χ2v) is 7.65. The summed E-state index contributed by atoms with van der Waals surface area (Å²) in [6.07, 6.45) is 4.94. The quantitative estimate of drug-likeness (QED) is 0.756. The van der Waals surface area contributed by atoms with Crippen molar-refractivity contribution in [2.75, 3.05) is 20.1 Å². The lowest BCUT2D eigenvalue weighted by Crippen LogP contribution is -2.42. The number of hydrogen-bond acceptors (Lipinski definition) is 3. The Balaban J connectivity index is 1.48. The summed E-state index contributed by atoms with van der Waals surface area (Å²) in [5.74, 6) is 0.221. The van der Waals surface area contributed by atoms with Crippen LogP contribution in [0, 0.1) is 5.92 Å². The average Bonchev–Trinajstić information content (AvgIpc) is 3.19. The van der Waals surface area contributed by atoms with Crippen LogP contribution in [0.25, 0.3) is 6.08 Å². The first kappa shape index (κ1) is 18.4. The topological polar surface area (TPSA) is 40.6 Å². The van der Waals surface area contributed by atoms with Gasteiger partial charge in [-0.15, -0.1) is 11.3 Å². The van der Waals surface area contributed by atoms with Gasteiger partial charge in [0.15, 0.2) is 0 Å².